The normalized spacial score (nSPS) is 12.5. The van der Waals surface area contributed by atoms with Crippen LogP contribution in [0.5, 0.6) is 5.75 Å². The SMILES string of the molecule is CNCC(O)COc1ccc(N)cc1Cl. The summed E-state index contributed by atoms with van der Waals surface area (Å²) in [6.07, 6.45) is -0.552. The van der Waals surface area contributed by atoms with E-state index in [-0.39, 0.29) is 6.61 Å². The Morgan fingerprint density at radius 2 is 2.33 bits per heavy atom. The van der Waals surface area contributed by atoms with E-state index in [9.17, 15) is 5.11 Å². The first-order valence-corrected chi connectivity index (χ1v) is 5.01. The summed E-state index contributed by atoms with van der Waals surface area (Å²) in [6, 6.07) is 5.00. The number of hydrogen-bond acceptors (Lipinski definition) is 4. The van der Waals surface area contributed by atoms with Crippen LogP contribution in [0.1, 0.15) is 0 Å². The predicted octanol–water partition coefficient (Wildman–Crippen LogP) is 0.881. The van der Waals surface area contributed by atoms with Gasteiger partial charge in [-0.25, -0.2) is 0 Å². The second-order valence-electron chi connectivity index (χ2n) is 3.21. The summed E-state index contributed by atoms with van der Waals surface area (Å²) in [7, 11) is 1.76. The first-order chi connectivity index (χ1) is 7.13. The Kier molecular flexibility index (Phi) is 4.68. The van der Waals surface area contributed by atoms with Crippen molar-refractivity contribution in [3.63, 3.8) is 0 Å². The van der Waals surface area contributed by atoms with Gasteiger partial charge in [-0.3, -0.25) is 0 Å². The molecule has 0 aliphatic heterocycles. The minimum atomic E-state index is -0.552. The van der Waals surface area contributed by atoms with E-state index in [1.54, 1.807) is 25.2 Å². The fourth-order valence-corrected chi connectivity index (χ4v) is 1.36. The van der Waals surface area contributed by atoms with Crippen molar-refractivity contribution >= 4 is 17.3 Å². The van der Waals surface area contributed by atoms with Crippen molar-refractivity contribution < 1.29 is 9.84 Å². The van der Waals surface area contributed by atoms with Gasteiger partial charge in [-0.1, -0.05) is 11.6 Å². The Morgan fingerprint density at radius 1 is 1.60 bits per heavy atom. The van der Waals surface area contributed by atoms with Crippen LogP contribution in [0, 0.1) is 0 Å². The molecule has 1 aromatic rings. The van der Waals surface area contributed by atoms with Gasteiger partial charge in [0.25, 0.3) is 0 Å². The molecule has 0 fully saturated rings. The lowest BCUT2D eigenvalue weighted by Crippen LogP contribution is -2.29. The Morgan fingerprint density at radius 3 is 2.93 bits per heavy atom. The zero-order valence-electron chi connectivity index (χ0n) is 8.53. The Balaban J connectivity index is 2.50. The summed E-state index contributed by atoms with van der Waals surface area (Å²) in [4.78, 5) is 0. The van der Waals surface area contributed by atoms with Gasteiger partial charge in [-0.15, -0.1) is 0 Å². The minimum Gasteiger partial charge on any atom is -0.489 e. The van der Waals surface area contributed by atoms with Crippen LogP contribution in [0.25, 0.3) is 0 Å². The maximum Gasteiger partial charge on any atom is 0.138 e. The lowest BCUT2D eigenvalue weighted by atomic mass is 10.3. The van der Waals surface area contributed by atoms with E-state index in [1.165, 1.54) is 0 Å². The third-order valence-corrected chi connectivity index (χ3v) is 2.12. The van der Waals surface area contributed by atoms with E-state index in [2.05, 4.69) is 5.32 Å². The number of rotatable bonds is 5. The van der Waals surface area contributed by atoms with Crippen molar-refractivity contribution in [1.29, 1.82) is 0 Å². The molecular weight excluding hydrogens is 216 g/mol. The van der Waals surface area contributed by atoms with E-state index in [0.717, 1.165) is 0 Å². The number of anilines is 1. The summed E-state index contributed by atoms with van der Waals surface area (Å²) in [6.45, 7) is 0.678. The quantitative estimate of drug-likeness (QED) is 0.657. The summed E-state index contributed by atoms with van der Waals surface area (Å²) in [5.41, 5.74) is 6.12. The average molecular weight is 231 g/mol. The predicted molar refractivity (Wildman–Crippen MR) is 61.3 cm³/mol. The molecule has 5 heteroatoms. The Hall–Kier alpha value is -0.970. The number of aliphatic hydroxyl groups is 1. The van der Waals surface area contributed by atoms with Crippen LogP contribution in [0.3, 0.4) is 0 Å². The standard InChI is InChI=1S/C10H15ClN2O2/c1-13-5-8(14)6-15-10-3-2-7(12)4-9(10)11/h2-4,8,13-14H,5-6,12H2,1H3. The molecule has 0 saturated heterocycles. The summed E-state index contributed by atoms with van der Waals surface area (Å²) in [5.74, 6) is 0.529. The van der Waals surface area contributed by atoms with Crippen LogP contribution in [0.4, 0.5) is 5.69 Å². The molecule has 1 aromatic carbocycles. The van der Waals surface area contributed by atoms with E-state index < -0.39 is 6.10 Å². The summed E-state index contributed by atoms with van der Waals surface area (Å²) in [5, 5.41) is 12.7. The maximum absolute atomic E-state index is 9.40. The van der Waals surface area contributed by atoms with Gasteiger partial charge in [0.05, 0.1) is 5.02 Å². The van der Waals surface area contributed by atoms with E-state index in [1.807, 2.05) is 0 Å². The molecule has 0 heterocycles. The molecule has 84 valence electrons. The average Bonchev–Trinajstić information content (AvgIpc) is 2.17. The highest BCUT2D eigenvalue weighted by Crippen LogP contribution is 2.26. The highest BCUT2D eigenvalue weighted by atomic mass is 35.5. The van der Waals surface area contributed by atoms with E-state index >= 15 is 0 Å². The fourth-order valence-electron chi connectivity index (χ4n) is 1.11. The molecule has 0 aliphatic carbocycles. The zero-order chi connectivity index (χ0) is 11.3. The van der Waals surface area contributed by atoms with Gasteiger partial charge in [-0.05, 0) is 25.2 Å². The Bertz CT molecular complexity index is 320. The molecule has 0 spiro atoms. The van der Waals surface area contributed by atoms with Crippen LogP contribution in [0.2, 0.25) is 5.02 Å². The lowest BCUT2D eigenvalue weighted by Gasteiger charge is -2.12. The van der Waals surface area contributed by atoms with Gasteiger partial charge in [0.15, 0.2) is 0 Å². The first-order valence-electron chi connectivity index (χ1n) is 4.64. The largest absolute Gasteiger partial charge is 0.489 e. The number of ether oxygens (including phenoxy) is 1. The molecule has 0 bridgehead atoms. The second kappa shape index (κ2) is 5.80. The highest BCUT2D eigenvalue weighted by molar-refractivity contribution is 6.32. The molecule has 0 aromatic heterocycles. The molecule has 4 N–H and O–H groups in total. The third kappa shape index (κ3) is 3.95. The molecule has 0 amide bonds. The van der Waals surface area contributed by atoms with Gasteiger partial charge in [0, 0.05) is 12.2 Å². The zero-order valence-corrected chi connectivity index (χ0v) is 9.29. The smallest absolute Gasteiger partial charge is 0.138 e. The van der Waals surface area contributed by atoms with Gasteiger partial charge in [0.2, 0.25) is 0 Å². The van der Waals surface area contributed by atoms with Gasteiger partial charge in [-0.2, -0.15) is 0 Å². The van der Waals surface area contributed by atoms with Crippen molar-refractivity contribution in [3.05, 3.63) is 23.2 Å². The maximum atomic E-state index is 9.40. The van der Waals surface area contributed by atoms with Gasteiger partial charge >= 0.3 is 0 Å². The van der Waals surface area contributed by atoms with Crippen molar-refractivity contribution in [3.8, 4) is 5.75 Å². The summed E-state index contributed by atoms with van der Waals surface area (Å²) >= 11 is 5.89. The summed E-state index contributed by atoms with van der Waals surface area (Å²) < 4.78 is 5.33. The van der Waals surface area contributed by atoms with Crippen molar-refractivity contribution in [2.45, 2.75) is 6.10 Å². The van der Waals surface area contributed by atoms with Crippen LogP contribution in [0.15, 0.2) is 18.2 Å². The second-order valence-corrected chi connectivity index (χ2v) is 3.62. The lowest BCUT2D eigenvalue weighted by molar-refractivity contribution is 0.108. The number of nitrogens with two attached hydrogens (primary N) is 1. The molecular formula is C10H15ClN2O2. The van der Waals surface area contributed by atoms with E-state index in [4.69, 9.17) is 22.1 Å². The highest BCUT2D eigenvalue weighted by Gasteiger charge is 2.06. The van der Waals surface area contributed by atoms with Gasteiger partial charge < -0.3 is 20.9 Å². The number of aliphatic hydroxyl groups excluding tert-OH is 1. The fraction of sp³-hybridized carbons (Fsp3) is 0.400. The number of benzene rings is 1. The monoisotopic (exact) mass is 230 g/mol. The molecule has 0 aliphatic rings. The molecule has 1 unspecified atom stereocenters. The number of hydrogen-bond donors (Lipinski definition) is 3. The number of nitrogens with one attached hydrogen (secondary N) is 1. The molecule has 4 nitrogen and oxygen atoms in total. The topological polar surface area (TPSA) is 67.5 Å². The molecule has 1 atom stereocenters. The van der Waals surface area contributed by atoms with Crippen LogP contribution >= 0.6 is 11.6 Å². The van der Waals surface area contributed by atoms with E-state index in [0.29, 0.717) is 23.0 Å². The van der Waals surface area contributed by atoms with Crippen molar-refractivity contribution in [2.75, 3.05) is 25.9 Å². The Labute approximate surface area is 94.0 Å². The third-order valence-electron chi connectivity index (χ3n) is 1.83. The number of likely N-dealkylation sites (N-methyl/N-ethyl adjacent to an activating group) is 1. The van der Waals surface area contributed by atoms with Crippen molar-refractivity contribution in [1.82, 2.24) is 5.32 Å². The number of nitrogen functional groups attached to an aromatic ring is 1. The van der Waals surface area contributed by atoms with Crippen LogP contribution in [-0.2, 0) is 0 Å². The van der Waals surface area contributed by atoms with Gasteiger partial charge in [0.1, 0.15) is 18.5 Å². The molecule has 0 saturated carbocycles. The molecule has 0 radical (unpaired) electrons. The molecule has 15 heavy (non-hydrogen) atoms. The van der Waals surface area contributed by atoms with Crippen LogP contribution in [-0.4, -0.2) is 31.4 Å². The molecule has 1 rings (SSSR count). The first kappa shape index (κ1) is 12.1. The van der Waals surface area contributed by atoms with Crippen LogP contribution < -0.4 is 15.8 Å². The number of halogens is 1. The van der Waals surface area contributed by atoms with Crippen molar-refractivity contribution in [2.24, 2.45) is 0 Å². The minimum absolute atomic E-state index is 0.199.